The van der Waals surface area contributed by atoms with Gasteiger partial charge in [0.1, 0.15) is 6.54 Å². The molecule has 0 unspecified atom stereocenters. The van der Waals surface area contributed by atoms with E-state index in [4.69, 9.17) is 0 Å². The van der Waals surface area contributed by atoms with Gasteiger partial charge in [0.05, 0.1) is 23.2 Å². The first kappa shape index (κ1) is 22.3. The summed E-state index contributed by atoms with van der Waals surface area (Å²) in [5.41, 5.74) is 1.33. The molecule has 2 aliphatic heterocycles. The normalized spacial score (nSPS) is 17.6. The van der Waals surface area contributed by atoms with Crippen molar-refractivity contribution in [3.63, 3.8) is 0 Å². The van der Waals surface area contributed by atoms with Crippen LogP contribution < -0.4 is 10.2 Å². The van der Waals surface area contributed by atoms with Crippen LogP contribution in [0.5, 0.6) is 0 Å². The largest absolute Gasteiger partial charge is 0.335 e. The first-order valence-electron chi connectivity index (χ1n) is 11.0. The van der Waals surface area contributed by atoms with Crippen LogP contribution in [0.2, 0.25) is 0 Å². The fourth-order valence-corrected chi connectivity index (χ4v) is 5.07. The van der Waals surface area contributed by atoms with E-state index >= 15 is 0 Å². The Hall–Kier alpha value is -2.88. The zero-order chi connectivity index (χ0) is 22.7. The molecular weight excluding hydrogens is 428 g/mol. The van der Waals surface area contributed by atoms with E-state index in [1.54, 1.807) is 6.07 Å². The van der Waals surface area contributed by atoms with E-state index in [-0.39, 0.29) is 24.3 Å². The van der Waals surface area contributed by atoms with E-state index in [0.717, 1.165) is 31.6 Å². The highest BCUT2D eigenvalue weighted by molar-refractivity contribution is 8.00. The lowest BCUT2D eigenvalue weighted by molar-refractivity contribution is -0.131. The van der Waals surface area contributed by atoms with E-state index < -0.39 is 5.25 Å². The number of nitrogens with one attached hydrogen (secondary N) is 1. The fourth-order valence-electron chi connectivity index (χ4n) is 4.08. The van der Waals surface area contributed by atoms with E-state index in [9.17, 15) is 14.4 Å². The van der Waals surface area contributed by atoms with Crippen LogP contribution in [0.1, 0.15) is 45.4 Å². The minimum atomic E-state index is -0.462. The number of anilines is 2. The average molecular weight is 457 g/mol. The van der Waals surface area contributed by atoms with E-state index in [0.29, 0.717) is 36.0 Å². The Morgan fingerprint density at radius 2 is 2.00 bits per heavy atom. The van der Waals surface area contributed by atoms with Crippen LogP contribution in [0.4, 0.5) is 11.4 Å². The van der Waals surface area contributed by atoms with Gasteiger partial charge in [-0.15, -0.1) is 10.2 Å². The zero-order valence-electron chi connectivity index (χ0n) is 18.4. The summed E-state index contributed by atoms with van der Waals surface area (Å²) in [4.78, 5) is 41.1. The molecule has 3 amide bonds. The molecule has 1 atom stereocenters. The van der Waals surface area contributed by atoms with Gasteiger partial charge in [-0.1, -0.05) is 30.3 Å². The Morgan fingerprint density at radius 1 is 1.19 bits per heavy atom. The second kappa shape index (κ2) is 9.72. The fraction of sp³-hybridized carbons (Fsp3) is 0.500. The van der Waals surface area contributed by atoms with Crippen molar-refractivity contribution < 1.29 is 14.4 Å². The molecule has 0 spiro atoms. The molecule has 1 saturated heterocycles. The van der Waals surface area contributed by atoms with Gasteiger partial charge in [-0.3, -0.25) is 19.3 Å². The Balaban J connectivity index is 1.49. The molecular formula is C22H28N6O3S. The summed E-state index contributed by atoms with van der Waals surface area (Å²) >= 11 is 1.32. The molecule has 0 bridgehead atoms. The third-order valence-electron chi connectivity index (χ3n) is 5.78. The standard InChI is InChI=1S/C22H28N6O3S/c1-3-27-18(13-26-12-8-4-5-11-20(26)30)24-25-22(27)32-15(2)21(31)28-14-19(29)23-16-9-6-7-10-17(16)28/h6-7,9-10,15H,3-5,8,11-14H2,1-2H3,(H,23,29)/t15-/m1/s1. The molecule has 32 heavy (non-hydrogen) atoms. The van der Waals surface area contributed by atoms with Crippen molar-refractivity contribution in [2.24, 2.45) is 0 Å². The van der Waals surface area contributed by atoms with Gasteiger partial charge in [-0.2, -0.15) is 0 Å². The van der Waals surface area contributed by atoms with Crippen LogP contribution in [0.15, 0.2) is 29.4 Å². The van der Waals surface area contributed by atoms with Crippen molar-refractivity contribution in [2.75, 3.05) is 23.3 Å². The molecule has 9 nitrogen and oxygen atoms in total. The molecule has 0 aliphatic carbocycles. The molecule has 1 aromatic carbocycles. The molecule has 3 heterocycles. The second-order valence-electron chi connectivity index (χ2n) is 8.02. The maximum Gasteiger partial charge on any atom is 0.244 e. The number of thioether (sulfide) groups is 1. The summed E-state index contributed by atoms with van der Waals surface area (Å²) in [6.45, 7) is 5.62. The van der Waals surface area contributed by atoms with Crippen molar-refractivity contribution in [3.8, 4) is 0 Å². The van der Waals surface area contributed by atoms with Crippen LogP contribution >= 0.6 is 11.8 Å². The highest BCUT2D eigenvalue weighted by Gasteiger charge is 2.31. The molecule has 2 aromatic rings. The summed E-state index contributed by atoms with van der Waals surface area (Å²) in [6, 6.07) is 7.29. The van der Waals surface area contributed by atoms with Crippen LogP contribution in [0.25, 0.3) is 0 Å². The quantitative estimate of drug-likeness (QED) is 0.671. The monoisotopic (exact) mass is 456 g/mol. The van der Waals surface area contributed by atoms with Crippen molar-refractivity contribution in [1.29, 1.82) is 0 Å². The molecule has 1 N–H and O–H groups in total. The number of benzene rings is 1. The molecule has 170 valence electrons. The predicted molar refractivity (Wildman–Crippen MR) is 122 cm³/mol. The summed E-state index contributed by atoms with van der Waals surface area (Å²) in [7, 11) is 0. The third kappa shape index (κ3) is 4.64. The molecule has 4 rings (SSSR count). The van der Waals surface area contributed by atoms with Crippen molar-refractivity contribution >= 4 is 40.9 Å². The van der Waals surface area contributed by atoms with Crippen LogP contribution in [0.3, 0.4) is 0 Å². The number of rotatable bonds is 6. The topological polar surface area (TPSA) is 100 Å². The number of carbonyl (C=O) groups excluding carboxylic acids is 3. The van der Waals surface area contributed by atoms with Crippen LogP contribution in [0, 0.1) is 0 Å². The van der Waals surface area contributed by atoms with Gasteiger partial charge in [0, 0.05) is 19.5 Å². The average Bonchev–Trinajstić information content (AvgIpc) is 3.05. The molecule has 10 heteroatoms. The molecule has 0 saturated carbocycles. The minimum Gasteiger partial charge on any atom is -0.335 e. The summed E-state index contributed by atoms with van der Waals surface area (Å²) in [5, 5.41) is 11.6. The van der Waals surface area contributed by atoms with Crippen molar-refractivity contribution in [2.45, 2.75) is 63.0 Å². The molecule has 1 aromatic heterocycles. The van der Waals surface area contributed by atoms with Crippen LogP contribution in [-0.4, -0.2) is 55.7 Å². The van der Waals surface area contributed by atoms with Gasteiger partial charge >= 0.3 is 0 Å². The second-order valence-corrected chi connectivity index (χ2v) is 9.33. The van der Waals surface area contributed by atoms with E-state index in [1.807, 2.05) is 41.5 Å². The number of aromatic nitrogens is 3. The van der Waals surface area contributed by atoms with Crippen molar-refractivity contribution in [1.82, 2.24) is 19.7 Å². The molecule has 2 aliphatic rings. The van der Waals surface area contributed by atoms with Gasteiger partial charge < -0.3 is 14.8 Å². The number of para-hydroxylation sites is 2. The summed E-state index contributed by atoms with van der Waals surface area (Å²) in [6.07, 6.45) is 3.59. The molecule has 1 fully saturated rings. The Morgan fingerprint density at radius 3 is 2.81 bits per heavy atom. The summed E-state index contributed by atoms with van der Waals surface area (Å²) in [5.74, 6) is 0.517. The maximum absolute atomic E-state index is 13.2. The SMILES string of the molecule is CCn1c(CN2CCCCCC2=O)nnc1S[C@H](C)C(=O)N1CC(=O)Nc2ccccc21. The highest BCUT2D eigenvalue weighted by Crippen LogP contribution is 2.32. The number of hydrogen-bond donors (Lipinski definition) is 1. The lowest BCUT2D eigenvalue weighted by atomic mass is 10.2. The number of amides is 3. The maximum atomic E-state index is 13.2. The van der Waals surface area contributed by atoms with E-state index in [1.165, 1.54) is 16.7 Å². The van der Waals surface area contributed by atoms with Gasteiger partial charge in [0.25, 0.3) is 0 Å². The number of carbonyl (C=O) groups is 3. The number of nitrogens with zero attached hydrogens (tertiary/aromatic N) is 5. The van der Waals surface area contributed by atoms with Gasteiger partial charge in [0.2, 0.25) is 17.7 Å². The molecule has 0 radical (unpaired) electrons. The van der Waals surface area contributed by atoms with E-state index in [2.05, 4.69) is 15.5 Å². The Bertz CT molecular complexity index is 1020. The van der Waals surface area contributed by atoms with Gasteiger partial charge in [0.15, 0.2) is 11.0 Å². The van der Waals surface area contributed by atoms with Crippen molar-refractivity contribution in [3.05, 3.63) is 30.1 Å². The number of fused-ring (bicyclic) bond motifs is 1. The highest BCUT2D eigenvalue weighted by atomic mass is 32.2. The third-order valence-corrected chi connectivity index (χ3v) is 6.85. The zero-order valence-corrected chi connectivity index (χ0v) is 19.2. The Kier molecular flexibility index (Phi) is 6.78. The smallest absolute Gasteiger partial charge is 0.244 e. The number of likely N-dealkylation sites (tertiary alicyclic amines) is 1. The lowest BCUT2D eigenvalue weighted by Gasteiger charge is -2.30. The number of hydrogen-bond acceptors (Lipinski definition) is 6. The predicted octanol–water partition coefficient (Wildman–Crippen LogP) is 2.67. The van der Waals surface area contributed by atoms with Crippen LogP contribution in [-0.2, 0) is 27.5 Å². The summed E-state index contributed by atoms with van der Waals surface area (Å²) < 4.78 is 1.96. The first-order chi connectivity index (χ1) is 15.5. The lowest BCUT2D eigenvalue weighted by Crippen LogP contribution is -2.45. The Labute approximate surface area is 191 Å². The van der Waals surface area contributed by atoms with Gasteiger partial charge in [-0.05, 0) is 38.8 Å². The minimum absolute atomic E-state index is 0.0104. The van der Waals surface area contributed by atoms with Gasteiger partial charge in [-0.25, -0.2) is 0 Å². The first-order valence-corrected chi connectivity index (χ1v) is 11.9.